The summed E-state index contributed by atoms with van der Waals surface area (Å²) in [6, 6.07) is 10.6. The van der Waals surface area contributed by atoms with Crippen LogP contribution >= 0.6 is 0 Å². The van der Waals surface area contributed by atoms with Gasteiger partial charge in [-0.15, -0.1) is 0 Å². The average Bonchev–Trinajstić information content (AvgIpc) is 2.84. The van der Waals surface area contributed by atoms with E-state index < -0.39 is 6.04 Å². The van der Waals surface area contributed by atoms with Crippen molar-refractivity contribution in [2.24, 2.45) is 0 Å². The second-order valence-electron chi connectivity index (χ2n) is 9.26. The van der Waals surface area contributed by atoms with Gasteiger partial charge in [0.2, 0.25) is 5.91 Å². The molecule has 6 heteroatoms. The predicted molar refractivity (Wildman–Crippen MR) is 141 cm³/mol. The average molecular weight is 476 g/mol. The summed E-state index contributed by atoms with van der Waals surface area (Å²) in [6.45, 7) is 12.4. The first-order valence-electron chi connectivity index (χ1n) is 12.5. The molecule has 1 N–H and O–H groups in total. The van der Waals surface area contributed by atoms with Gasteiger partial charge in [0.05, 0.1) is 6.10 Å². The van der Waals surface area contributed by atoms with Crippen molar-refractivity contribution in [1.29, 1.82) is 0 Å². The van der Waals surface area contributed by atoms with Crippen LogP contribution in [0.2, 0.25) is 0 Å². The fourth-order valence-electron chi connectivity index (χ4n) is 4.23. The summed E-state index contributed by atoms with van der Waals surface area (Å²) in [7, 11) is 0. The van der Waals surface area contributed by atoms with Gasteiger partial charge in [0.1, 0.15) is 17.5 Å². The number of likely N-dealkylation sites (tertiary alicyclic amines) is 1. The first-order valence-corrected chi connectivity index (χ1v) is 12.5. The van der Waals surface area contributed by atoms with Crippen LogP contribution in [0.4, 0.5) is 5.69 Å². The fourth-order valence-corrected chi connectivity index (χ4v) is 4.23. The number of nitrogens with one attached hydrogen (secondary N) is 1. The number of benzene rings is 1. The lowest BCUT2D eigenvalue weighted by atomic mass is 9.91. The molecule has 6 nitrogen and oxygen atoms in total. The Kier molecular flexibility index (Phi) is 9.24. The molecule has 0 radical (unpaired) electrons. The Balaban J connectivity index is 1.78. The highest BCUT2D eigenvalue weighted by Gasteiger charge is 2.36. The van der Waals surface area contributed by atoms with Gasteiger partial charge in [-0.05, 0) is 68.5 Å². The van der Waals surface area contributed by atoms with Crippen LogP contribution in [-0.4, -0.2) is 40.4 Å². The van der Waals surface area contributed by atoms with E-state index in [4.69, 9.17) is 4.74 Å². The largest absolute Gasteiger partial charge is 0.491 e. The summed E-state index contributed by atoms with van der Waals surface area (Å²) < 4.78 is 5.72. The zero-order valence-corrected chi connectivity index (χ0v) is 21.3. The molecule has 1 saturated heterocycles. The Morgan fingerprint density at radius 1 is 1.23 bits per heavy atom. The van der Waals surface area contributed by atoms with E-state index in [-0.39, 0.29) is 30.2 Å². The van der Waals surface area contributed by atoms with Gasteiger partial charge in [0.25, 0.3) is 5.91 Å². The van der Waals surface area contributed by atoms with Crippen LogP contribution < -0.4 is 10.1 Å². The van der Waals surface area contributed by atoms with Gasteiger partial charge >= 0.3 is 0 Å². The molecule has 0 bridgehead atoms. The number of aromatic nitrogens is 1. The number of anilines is 1. The summed E-state index contributed by atoms with van der Waals surface area (Å²) in [6.07, 6.45) is 8.50. The highest BCUT2D eigenvalue weighted by atomic mass is 16.5. The summed E-state index contributed by atoms with van der Waals surface area (Å²) in [4.78, 5) is 32.7. The summed E-state index contributed by atoms with van der Waals surface area (Å²) >= 11 is 0. The quantitative estimate of drug-likeness (QED) is 0.455. The second-order valence-corrected chi connectivity index (χ2v) is 9.26. The summed E-state index contributed by atoms with van der Waals surface area (Å²) in [5.74, 6) is 0.0313. The van der Waals surface area contributed by atoms with E-state index in [0.717, 1.165) is 29.7 Å². The van der Waals surface area contributed by atoms with E-state index in [1.54, 1.807) is 23.2 Å². The normalized spacial score (nSPS) is 17.1. The number of unbranched alkanes of at least 4 members (excludes halogenated alkanes) is 2. The molecule has 0 spiro atoms. The van der Waals surface area contributed by atoms with E-state index >= 15 is 0 Å². The first-order chi connectivity index (χ1) is 16.8. The number of ether oxygens (including phenoxy) is 1. The van der Waals surface area contributed by atoms with Crippen LogP contribution in [0.1, 0.15) is 69.4 Å². The standard InChI is InChI=1S/C29H37N3O3/c1-6-8-9-10-22-11-13-24(14-12-22)31-28(33)27-17-23(7-2)21(5)19-32(27)29(34)26-18-25(15-16-30-26)35-20(3)4/h7,11-16,18,20,27H,5-6,8-10,17,19H2,1-4H3,(H,31,33)/b23-7-. The van der Waals surface area contributed by atoms with Gasteiger partial charge in [-0.3, -0.25) is 14.6 Å². The third-order valence-electron chi connectivity index (χ3n) is 6.13. The molecule has 2 aromatic rings. The van der Waals surface area contributed by atoms with Crippen LogP contribution in [0.3, 0.4) is 0 Å². The van der Waals surface area contributed by atoms with Gasteiger partial charge in [-0.2, -0.15) is 0 Å². The molecule has 2 amide bonds. The first kappa shape index (κ1) is 26.2. The molecule has 0 aliphatic carbocycles. The van der Waals surface area contributed by atoms with Crippen LogP contribution in [0, 0.1) is 0 Å². The minimum absolute atomic E-state index is 0.0241. The van der Waals surface area contributed by atoms with Gasteiger partial charge in [0.15, 0.2) is 0 Å². The molecular formula is C29H37N3O3. The number of aryl methyl sites for hydroxylation is 1. The molecule has 1 unspecified atom stereocenters. The molecule has 1 fully saturated rings. The maximum absolute atomic E-state index is 13.5. The van der Waals surface area contributed by atoms with Crippen LogP contribution in [0.25, 0.3) is 0 Å². The minimum atomic E-state index is -0.667. The number of hydrogen-bond acceptors (Lipinski definition) is 4. The van der Waals surface area contributed by atoms with Crippen molar-refractivity contribution in [3.63, 3.8) is 0 Å². The zero-order chi connectivity index (χ0) is 25.4. The molecule has 186 valence electrons. The third kappa shape index (κ3) is 7.04. The molecule has 0 saturated carbocycles. The lowest BCUT2D eigenvalue weighted by molar-refractivity contribution is -0.120. The smallest absolute Gasteiger partial charge is 0.273 e. The maximum atomic E-state index is 13.5. The van der Waals surface area contributed by atoms with E-state index in [1.165, 1.54) is 18.4 Å². The van der Waals surface area contributed by atoms with Crippen molar-refractivity contribution >= 4 is 17.5 Å². The predicted octanol–water partition coefficient (Wildman–Crippen LogP) is 5.96. The number of rotatable bonds is 9. The van der Waals surface area contributed by atoms with Crippen molar-refractivity contribution in [3.8, 4) is 5.75 Å². The summed E-state index contributed by atoms with van der Waals surface area (Å²) in [5, 5.41) is 3.00. The van der Waals surface area contributed by atoms with Crippen LogP contribution in [0.5, 0.6) is 5.75 Å². The number of nitrogens with zero attached hydrogens (tertiary/aromatic N) is 2. The lowest BCUT2D eigenvalue weighted by Crippen LogP contribution is -2.51. The lowest BCUT2D eigenvalue weighted by Gasteiger charge is -2.37. The number of amides is 2. The van der Waals surface area contributed by atoms with Gasteiger partial charge in [0, 0.05) is 30.9 Å². The Morgan fingerprint density at radius 2 is 1.97 bits per heavy atom. The molecule has 3 rings (SSSR count). The minimum Gasteiger partial charge on any atom is -0.491 e. The van der Waals surface area contributed by atoms with Crippen molar-refractivity contribution < 1.29 is 14.3 Å². The van der Waals surface area contributed by atoms with Crippen LogP contribution in [-0.2, 0) is 11.2 Å². The number of allylic oxidation sites excluding steroid dienone is 1. The Bertz CT molecular complexity index is 1070. The van der Waals surface area contributed by atoms with Crippen molar-refractivity contribution in [2.75, 3.05) is 11.9 Å². The molecule has 2 heterocycles. The molecule has 1 aromatic carbocycles. The molecule has 1 aliphatic rings. The Labute approximate surface area is 209 Å². The number of hydrogen-bond donors (Lipinski definition) is 1. The highest BCUT2D eigenvalue weighted by Crippen LogP contribution is 2.28. The molecule has 1 aromatic heterocycles. The van der Waals surface area contributed by atoms with Crippen molar-refractivity contribution in [2.45, 2.75) is 71.9 Å². The number of carbonyl (C=O) groups is 2. The highest BCUT2D eigenvalue weighted by molar-refractivity contribution is 6.01. The van der Waals surface area contributed by atoms with Gasteiger partial charge in [-0.1, -0.05) is 44.6 Å². The summed E-state index contributed by atoms with van der Waals surface area (Å²) in [5.41, 5.74) is 4.04. The molecule has 35 heavy (non-hydrogen) atoms. The number of pyridine rings is 1. The van der Waals surface area contributed by atoms with Crippen LogP contribution in [0.15, 0.2) is 66.4 Å². The van der Waals surface area contributed by atoms with Crippen molar-refractivity contribution in [3.05, 3.63) is 77.7 Å². The van der Waals surface area contributed by atoms with E-state index in [0.29, 0.717) is 12.2 Å². The molecule has 1 atom stereocenters. The van der Waals surface area contributed by atoms with Gasteiger partial charge in [-0.25, -0.2) is 0 Å². The van der Waals surface area contributed by atoms with E-state index in [2.05, 4.69) is 35.9 Å². The van der Waals surface area contributed by atoms with E-state index in [9.17, 15) is 9.59 Å². The maximum Gasteiger partial charge on any atom is 0.273 e. The van der Waals surface area contributed by atoms with E-state index in [1.807, 2.05) is 39.0 Å². The zero-order valence-electron chi connectivity index (χ0n) is 21.3. The third-order valence-corrected chi connectivity index (χ3v) is 6.13. The SMILES string of the molecule is C=C1CN(C(=O)c2cc(OC(C)C)ccn2)C(C(=O)Nc2ccc(CCCCC)cc2)C/C1=C/C. The Morgan fingerprint density at radius 3 is 2.63 bits per heavy atom. The number of piperidine rings is 1. The monoisotopic (exact) mass is 475 g/mol. The Hall–Kier alpha value is -3.41. The topological polar surface area (TPSA) is 71.5 Å². The second kappa shape index (κ2) is 12.3. The van der Waals surface area contributed by atoms with Gasteiger partial charge < -0.3 is 15.0 Å². The molecular weight excluding hydrogens is 438 g/mol. The van der Waals surface area contributed by atoms with Crippen molar-refractivity contribution in [1.82, 2.24) is 9.88 Å². The number of carbonyl (C=O) groups excluding carboxylic acids is 2. The molecule has 1 aliphatic heterocycles. The fraction of sp³-hybridized carbons (Fsp3) is 0.414.